The van der Waals surface area contributed by atoms with Crippen LogP contribution in [0.2, 0.25) is 0 Å². The Labute approximate surface area is 113 Å². The molecule has 19 heavy (non-hydrogen) atoms. The van der Waals surface area contributed by atoms with Gasteiger partial charge in [0.25, 0.3) is 0 Å². The first kappa shape index (κ1) is 13.8. The molecule has 1 aromatic rings. The third-order valence-electron chi connectivity index (χ3n) is 3.29. The van der Waals surface area contributed by atoms with Gasteiger partial charge in [0, 0.05) is 25.3 Å². The minimum Gasteiger partial charge on any atom is -0.377 e. The fourth-order valence-corrected chi connectivity index (χ4v) is 2.25. The number of carbonyl (C=O) groups is 1. The smallest absolute Gasteiger partial charge is 0.245 e. The fourth-order valence-electron chi connectivity index (χ4n) is 2.25. The highest BCUT2D eigenvalue weighted by Crippen LogP contribution is 2.20. The van der Waals surface area contributed by atoms with Crippen LogP contribution in [0.3, 0.4) is 0 Å². The Morgan fingerprint density at radius 2 is 2.21 bits per heavy atom. The lowest BCUT2D eigenvalue weighted by Crippen LogP contribution is -2.54. The molecule has 1 heterocycles. The van der Waals surface area contributed by atoms with Crippen LogP contribution < -0.4 is 16.0 Å². The van der Waals surface area contributed by atoms with Gasteiger partial charge in [0.05, 0.1) is 13.2 Å². The second-order valence-corrected chi connectivity index (χ2v) is 4.55. The Morgan fingerprint density at radius 3 is 2.84 bits per heavy atom. The molecule has 0 radical (unpaired) electrons. The van der Waals surface area contributed by atoms with Crippen molar-refractivity contribution in [2.24, 2.45) is 5.73 Å². The summed E-state index contributed by atoms with van der Waals surface area (Å²) in [5.74, 6) is 0.0186. The number of benzene rings is 1. The van der Waals surface area contributed by atoms with E-state index in [0.717, 1.165) is 17.8 Å². The zero-order valence-electron chi connectivity index (χ0n) is 11.3. The van der Waals surface area contributed by atoms with Crippen molar-refractivity contribution in [2.75, 3.05) is 31.2 Å². The molecular weight excluding hydrogens is 242 g/mol. The molecule has 0 saturated carbocycles. The van der Waals surface area contributed by atoms with E-state index >= 15 is 0 Å². The van der Waals surface area contributed by atoms with Gasteiger partial charge in [-0.3, -0.25) is 4.79 Å². The van der Waals surface area contributed by atoms with E-state index in [1.807, 2.05) is 31.2 Å². The molecule has 1 aliphatic heterocycles. The Hall–Kier alpha value is -1.59. The summed E-state index contributed by atoms with van der Waals surface area (Å²) >= 11 is 0. The van der Waals surface area contributed by atoms with Crippen molar-refractivity contribution in [3.05, 3.63) is 29.8 Å². The lowest BCUT2D eigenvalue weighted by Gasteiger charge is -2.36. The normalized spacial score (nSPS) is 19.3. The molecule has 3 N–H and O–H groups in total. The molecule has 1 aromatic carbocycles. The second-order valence-electron chi connectivity index (χ2n) is 4.55. The van der Waals surface area contributed by atoms with Gasteiger partial charge in [-0.2, -0.15) is 0 Å². The Kier molecular flexibility index (Phi) is 4.76. The maximum absolute atomic E-state index is 12.1. The quantitative estimate of drug-likeness (QED) is 0.829. The van der Waals surface area contributed by atoms with E-state index in [1.165, 1.54) is 0 Å². The Balaban J connectivity index is 2.15. The van der Waals surface area contributed by atoms with Crippen molar-refractivity contribution in [1.82, 2.24) is 5.32 Å². The number of hydrogen-bond donors (Lipinski definition) is 2. The average Bonchev–Trinajstić information content (AvgIpc) is 2.47. The van der Waals surface area contributed by atoms with Crippen LogP contribution in [-0.4, -0.2) is 38.3 Å². The van der Waals surface area contributed by atoms with Crippen molar-refractivity contribution in [1.29, 1.82) is 0 Å². The van der Waals surface area contributed by atoms with Crippen molar-refractivity contribution in [2.45, 2.75) is 19.5 Å². The lowest BCUT2D eigenvalue weighted by molar-refractivity contribution is -0.124. The number of hydrogen-bond acceptors (Lipinski definition) is 4. The van der Waals surface area contributed by atoms with Crippen LogP contribution in [0.5, 0.6) is 0 Å². The van der Waals surface area contributed by atoms with Crippen LogP contribution in [0.15, 0.2) is 24.3 Å². The molecule has 0 aliphatic carbocycles. The molecule has 5 heteroatoms. The van der Waals surface area contributed by atoms with Crippen LogP contribution in [0, 0.1) is 0 Å². The van der Waals surface area contributed by atoms with Gasteiger partial charge in [0.1, 0.15) is 6.04 Å². The van der Waals surface area contributed by atoms with E-state index in [9.17, 15) is 4.79 Å². The summed E-state index contributed by atoms with van der Waals surface area (Å²) in [5.41, 5.74) is 7.72. The maximum atomic E-state index is 12.1. The second kappa shape index (κ2) is 6.54. The largest absolute Gasteiger partial charge is 0.377 e. The molecule has 1 unspecified atom stereocenters. The highest BCUT2D eigenvalue weighted by molar-refractivity contribution is 5.85. The van der Waals surface area contributed by atoms with Crippen LogP contribution in [0.25, 0.3) is 0 Å². The summed E-state index contributed by atoms with van der Waals surface area (Å²) in [4.78, 5) is 14.1. The van der Waals surface area contributed by atoms with Gasteiger partial charge < -0.3 is 20.7 Å². The minimum absolute atomic E-state index is 0.0186. The molecular formula is C14H21N3O2. The third-order valence-corrected chi connectivity index (χ3v) is 3.29. The van der Waals surface area contributed by atoms with Crippen LogP contribution in [0.1, 0.15) is 12.5 Å². The highest BCUT2D eigenvalue weighted by atomic mass is 16.5. The van der Waals surface area contributed by atoms with Gasteiger partial charge in [-0.25, -0.2) is 0 Å². The Bertz CT molecular complexity index is 419. The summed E-state index contributed by atoms with van der Waals surface area (Å²) in [6.07, 6.45) is 0. The molecule has 1 amide bonds. The summed E-state index contributed by atoms with van der Waals surface area (Å²) < 4.78 is 5.42. The molecule has 2 rings (SSSR count). The van der Waals surface area contributed by atoms with Gasteiger partial charge in [-0.05, 0) is 24.6 Å². The fraction of sp³-hybridized carbons (Fsp3) is 0.500. The molecule has 1 fully saturated rings. The molecule has 0 bridgehead atoms. The van der Waals surface area contributed by atoms with Gasteiger partial charge in [-0.15, -0.1) is 0 Å². The van der Waals surface area contributed by atoms with E-state index in [4.69, 9.17) is 10.5 Å². The standard InChI is InChI=1S/C14H21N3O2/c1-2-16-14(18)13-10-19-8-7-17(13)12-5-3-11(9-15)4-6-12/h3-6,13H,2,7-10,15H2,1H3,(H,16,18). The SMILES string of the molecule is CCNC(=O)C1COCCN1c1ccc(CN)cc1. The molecule has 1 atom stereocenters. The number of nitrogens with zero attached hydrogens (tertiary/aromatic N) is 1. The first-order valence-corrected chi connectivity index (χ1v) is 6.67. The first-order valence-electron chi connectivity index (χ1n) is 6.67. The van der Waals surface area contributed by atoms with E-state index < -0.39 is 0 Å². The number of carbonyl (C=O) groups excluding carboxylic acids is 1. The van der Waals surface area contributed by atoms with E-state index in [2.05, 4.69) is 10.2 Å². The van der Waals surface area contributed by atoms with Crippen LogP contribution >= 0.6 is 0 Å². The van der Waals surface area contributed by atoms with Crippen molar-refractivity contribution in [3.8, 4) is 0 Å². The van der Waals surface area contributed by atoms with E-state index in [1.54, 1.807) is 0 Å². The summed E-state index contributed by atoms with van der Waals surface area (Å²) in [5, 5.41) is 2.86. The number of rotatable bonds is 4. The van der Waals surface area contributed by atoms with Crippen molar-refractivity contribution >= 4 is 11.6 Å². The number of anilines is 1. The van der Waals surface area contributed by atoms with Crippen LogP contribution in [-0.2, 0) is 16.1 Å². The summed E-state index contributed by atoms with van der Waals surface area (Å²) in [6.45, 7) is 4.89. The maximum Gasteiger partial charge on any atom is 0.245 e. The number of morpholine rings is 1. The molecule has 5 nitrogen and oxygen atoms in total. The van der Waals surface area contributed by atoms with Gasteiger partial charge >= 0.3 is 0 Å². The van der Waals surface area contributed by atoms with Crippen LogP contribution in [0.4, 0.5) is 5.69 Å². The van der Waals surface area contributed by atoms with Crippen molar-refractivity contribution in [3.63, 3.8) is 0 Å². The van der Waals surface area contributed by atoms with E-state index in [0.29, 0.717) is 26.3 Å². The number of nitrogens with two attached hydrogens (primary N) is 1. The topological polar surface area (TPSA) is 67.6 Å². The lowest BCUT2D eigenvalue weighted by atomic mass is 10.1. The zero-order valence-corrected chi connectivity index (χ0v) is 11.3. The monoisotopic (exact) mass is 263 g/mol. The predicted molar refractivity (Wildman–Crippen MR) is 75.0 cm³/mol. The van der Waals surface area contributed by atoms with Gasteiger partial charge in [-0.1, -0.05) is 12.1 Å². The third kappa shape index (κ3) is 3.24. The van der Waals surface area contributed by atoms with E-state index in [-0.39, 0.29) is 11.9 Å². The molecule has 0 spiro atoms. The predicted octanol–water partition coefficient (Wildman–Crippen LogP) is 0.487. The number of ether oxygens (including phenoxy) is 1. The van der Waals surface area contributed by atoms with Gasteiger partial charge in [0.2, 0.25) is 5.91 Å². The molecule has 0 aromatic heterocycles. The summed E-state index contributed by atoms with van der Waals surface area (Å²) in [7, 11) is 0. The van der Waals surface area contributed by atoms with Crippen molar-refractivity contribution < 1.29 is 9.53 Å². The highest BCUT2D eigenvalue weighted by Gasteiger charge is 2.29. The molecule has 1 aliphatic rings. The summed E-state index contributed by atoms with van der Waals surface area (Å²) in [6, 6.07) is 7.77. The number of likely N-dealkylation sites (N-methyl/N-ethyl adjacent to an activating group) is 1. The number of nitrogens with one attached hydrogen (secondary N) is 1. The Morgan fingerprint density at radius 1 is 1.47 bits per heavy atom. The molecule has 1 saturated heterocycles. The average molecular weight is 263 g/mol. The molecule has 104 valence electrons. The zero-order chi connectivity index (χ0) is 13.7. The van der Waals surface area contributed by atoms with Gasteiger partial charge in [0.15, 0.2) is 0 Å². The number of amides is 1. The first-order chi connectivity index (χ1) is 9.26. The minimum atomic E-state index is -0.252.